The summed E-state index contributed by atoms with van der Waals surface area (Å²) in [5.41, 5.74) is 6.27. The first kappa shape index (κ1) is 10.3. The lowest BCUT2D eigenvalue weighted by Gasteiger charge is -2.07. The van der Waals surface area contributed by atoms with E-state index in [-0.39, 0.29) is 6.79 Å². The molecule has 1 aromatic rings. The summed E-state index contributed by atoms with van der Waals surface area (Å²) in [6.45, 7) is 2.83. The van der Waals surface area contributed by atoms with Crippen molar-refractivity contribution in [1.29, 1.82) is 0 Å². The zero-order valence-corrected chi connectivity index (χ0v) is 9.00. The summed E-state index contributed by atoms with van der Waals surface area (Å²) >= 11 is 3.34. The predicted octanol–water partition coefficient (Wildman–Crippen LogP) is 2.40. The van der Waals surface area contributed by atoms with Crippen molar-refractivity contribution in [3.63, 3.8) is 0 Å². The molecule has 0 fully saturated rings. The van der Waals surface area contributed by atoms with Gasteiger partial charge in [-0.05, 0) is 41.1 Å². The molecule has 1 aromatic carbocycles. The zero-order chi connectivity index (χ0) is 9.68. The van der Waals surface area contributed by atoms with Crippen LogP contribution in [0.2, 0.25) is 0 Å². The van der Waals surface area contributed by atoms with Crippen LogP contribution in [0, 0.1) is 0 Å². The lowest BCUT2D eigenvalue weighted by Crippen LogP contribution is -2.02. The molecule has 0 saturated heterocycles. The quantitative estimate of drug-likeness (QED) is 0.504. The number of hydrogen-bond donors (Lipinski definition) is 1. The molecule has 0 aromatic heterocycles. The third-order valence-electron chi connectivity index (χ3n) is 1.46. The van der Waals surface area contributed by atoms with E-state index in [9.17, 15) is 0 Å². The van der Waals surface area contributed by atoms with Gasteiger partial charge in [0.1, 0.15) is 5.75 Å². The number of nitrogens with two attached hydrogens (primary N) is 1. The zero-order valence-electron chi connectivity index (χ0n) is 7.42. The minimum absolute atomic E-state index is 0.263. The Kier molecular flexibility index (Phi) is 4.05. The number of ether oxygens (including phenoxy) is 2. The van der Waals surface area contributed by atoms with E-state index in [0.29, 0.717) is 12.3 Å². The summed E-state index contributed by atoms with van der Waals surface area (Å²) in [7, 11) is 0. The van der Waals surface area contributed by atoms with Gasteiger partial charge in [0.05, 0.1) is 4.47 Å². The molecule has 2 N–H and O–H groups in total. The number of rotatable bonds is 4. The molecule has 4 heteroatoms. The second-order valence-corrected chi connectivity index (χ2v) is 3.30. The maximum atomic E-state index is 5.57. The fourth-order valence-corrected chi connectivity index (χ4v) is 1.33. The number of halogens is 1. The Balaban J connectivity index is 2.56. The first-order valence-corrected chi connectivity index (χ1v) is 4.79. The van der Waals surface area contributed by atoms with Crippen LogP contribution in [0.1, 0.15) is 6.92 Å². The Morgan fingerprint density at radius 2 is 2.23 bits per heavy atom. The standard InChI is InChI=1S/C9H12BrNO2/c1-2-12-6-13-9-4-3-7(11)5-8(9)10/h3-5H,2,6,11H2,1H3. The fraction of sp³-hybridized carbons (Fsp3) is 0.333. The van der Waals surface area contributed by atoms with Crippen LogP contribution in [0.5, 0.6) is 5.75 Å². The van der Waals surface area contributed by atoms with Gasteiger partial charge < -0.3 is 15.2 Å². The van der Waals surface area contributed by atoms with Crippen LogP contribution in [-0.2, 0) is 4.74 Å². The summed E-state index contributed by atoms with van der Waals surface area (Å²) in [6, 6.07) is 5.38. The van der Waals surface area contributed by atoms with E-state index in [1.807, 2.05) is 6.92 Å². The molecule has 0 aliphatic heterocycles. The molecule has 0 amide bonds. The first-order valence-electron chi connectivity index (χ1n) is 3.99. The van der Waals surface area contributed by atoms with Crippen molar-refractivity contribution >= 4 is 21.6 Å². The van der Waals surface area contributed by atoms with E-state index < -0.39 is 0 Å². The molecule has 13 heavy (non-hydrogen) atoms. The molecule has 0 aliphatic carbocycles. The smallest absolute Gasteiger partial charge is 0.189 e. The molecule has 0 bridgehead atoms. The number of benzene rings is 1. The van der Waals surface area contributed by atoms with Gasteiger partial charge in [0.2, 0.25) is 0 Å². The van der Waals surface area contributed by atoms with E-state index in [4.69, 9.17) is 15.2 Å². The van der Waals surface area contributed by atoms with Gasteiger partial charge in [0, 0.05) is 12.3 Å². The van der Waals surface area contributed by atoms with Gasteiger partial charge in [0.15, 0.2) is 6.79 Å². The van der Waals surface area contributed by atoms with Crippen LogP contribution in [-0.4, -0.2) is 13.4 Å². The number of anilines is 1. The summed E-state index contributed by atoms with van der Waals surface area (Å²) in [6.07, 6.45) is 0. The Bertz CT molecular complexity index is 278. The van der Waals surface area contributed by atoms with E-state index in [0.717, 1.165) is 10.2 Å². The molecule has 0 radical (unpaired) electrons. The Hall–Kier alpha value is -0.740. The van der Waals surface area contributed by atoms with Crippen molar-refractivity contribution in [3.8, 4) is 5.75 Å². The van der Waals surface area contributed by atoms with Crippen LogP contribution in [0.4, 0.5) is 5.69 Å². The number of hydrogen-bond acceptors (Lipinski definition) is 3. The van der Waals surface area contributed by atoms with E-state index in [2.05, 4.69) is 15.9 Å². The van der Waals surface area contributed by atoms with Crippen molar-refractivity contribution in [1.82, 2.24) is 0 Å². The molecule has 0 spiro atoms. The Morgan fingerprint density at radius 1 is 1.46 bits per heavy atom. The maximum Gasteiger partial charge on any atom is 0.189 e. The molecule has 0 atom stereocenters. The van der Waals surface area contributed by atoms with Crippen LogP contribution in [0.3, 0.4) is 0 Å². The third kappa shape index (κ3) is 3.24. The van der Waals surface area contributed by atoms with E-state index >= 15 is 0 Å². The highest BCUT2D eigenvalue weighted by atomic mass is 79.9. The van der Waals surface area contributed by atoms with Crippen molar-refractivity contribution in [2.45, 2.75) is 6.92 Å². The second-order valence-electron chi connectivity index (χ2n) is 2.44. The van der Waals surface area contributed by atoms with Crippen LogP contribution in [0.15, 0.2) is 22.7 Å². The highest BCUT2D eigenvalue weighted by Crippen LogP contribution is 2.26. The van der Waals surface area contributed by atoms with E-state index in [1.165, 1.54) is 0 Å². The second kappa shape index (κ2) is 5.09. The van der Waals surface area contributed by atoms with Crippen molar-refractivity contribution in [3.05, 3.63) is 22.7 Å². The molecule has 0 unspecified atom stereocenters. The van der Waals surface area contributed by atoms with Gasteiger partial charge >= 0.3 is 0 Å². The average molecular weight is 246 g/mol. The van der Waals surface area contributed by atoms with Gasteiger partial charge in [0.25, 0.3) is 0 Å². The van der Waals surface area contributed by atoms with Crippen LogP contribution >= 0.6 is 15.9 Å². The highest BCUT2D eigenvalue weighted by Gasteiger charge is 2.00. The van der Waals surface area contributed by atoms with Gasteiger partial charge in [-0.2, -0.15) is 0 Å². The van der Waals surface area contributed by atoms with Gasteiger partial charge in [-0.15, -0.1) is 0 Å². The summed E-state index contributed by atoms with van der Waals surface area (Å²) in [5, 5.41) is 0. The molecule has 1 rings (SSSR count). The normalized spacial score (nSPS) is 10.0. The summed E-state index contributed by atoms with van der Waals surface area (Å²) in [4.78, 5) is 0. The van der Waals surface area contributed by atoms with Crippen molar-refractivity contribution < 1.29 is 9.47 Å². The topological polar surface area (TPSA) is 44.5 Å². The lowest BCUT2D eigenvalue weighted by atomic mass is 10.3. The molecular formula is C9H12BrNO2. The summed E-state index contributed by atoms with van der Waals surface area (Å²) in [5.74, 6) is 0.739. The molecule has 3 nitrogen and oxygen atoms in total. The number of nitrogen functional groups attached to an aromatic ring is 1. The minimum atomic E-state index is 0.263. The third-order valence-corrected chi connectivity index (χ3v) is 2.08. The Morgan fingerprint density at radius 3 is 2.85 bits per heavy atom. The van der Waals surface area contributed by atoms with Crippen LogP contribution in [0.25, 0.3) is 0 Å². The maximum absolute atomic E-state index is 5.57. The van der Waals surface area contributed by atoms with E-state index in [1.54, 1.807) is 18.2 Å². The van der Waals surface area contributed by atoms with Crippen molar-refractivity contribution in [2.75, 3.05) is 19.1 Å². The average Bonchev–Trinajstić information content (AvgIpc) is 2.09. The molecule has 72 valence electrons. The van der Waals surface area contributed by atoms with Crippen molar-refractivity contribution in [2.24, 2.45) is 0 Å². The van der Waals surface area contributed by atoms with Gasteiger partial charge in [-0.1, -0.05) is 0 Å². The van der Waals surface area contributed by atoms with Gasteiger partial charge in [-0.3, -0.25) is 0 Å². The Labute approximate surface area is 86.0 Å². The SMILES string of the molecule is CCOCOc1ccc(N)cc1Br. The monoisotopic (exact) mass is 245 g/mol. The molecular weight excluding hydrogens is 234 g/mol. The summed E-state index contributed by atoms with van der Waals surface area (Å²) < 4.78 is 11.2. The first-order chi connectivity index (χ1) is 6.24. The molecule has 0 saturated carbocycles. The van der Waals surface area contributed by atoms with Crippen LogP contribution < -0.4 is 10.5 Å². The largest absolute Gasteiger partial charge is 0.466 e. The molecule has 0 heterocycles. The molecule has 0 aliphatic rings. The highest BCUT2D eigenvalue weighted by molar-refractivity contribution is 9.10. The fourth-order valence-electron chi connectivity index (χ4n) is 0.823. The minimum Gasteiger partial charge on any atom is -0.466 e. The van der Waals surface area contributed by atoms with Gasteiger partial charge in [-0.25, -0.2) is 0 Å². The lowest BCUT2D eigenvalue weighted by molar-refractivity contribution is 0.0220. The predicted molar refractivity (Wildman–Crippen MR) is 55.7 cm³/mol.